The van der Waals surface area contributed by atoms with Gasteiger partial charge in [0.2, 0.25) is 0 Å². The van der Waals surface area contributed by atoms with E-state index in [1.807, 2.05) is 37.3 Å². The zero-order chi connectivity index (χ0) is 10.4. The third-order valence-electron chi connectivity index (χ3n) is 2.27. The number of aliphatic hydroxyl groups is 1. The van der Waals surface area contributed by atoms with Crippen molar-refractivity contribution in [1.82, 2.24) is 0 Å². The lowest BCUT2D eigenvalue weighted by Gasteiger charge is -2.22. The fourth-order valence-corrected chi connectivity index (χ4v) is 1.45. The molecule has 0 radical (unpaired) electrons. The van der Waals surface area contributed by atoms with Gasteiger partial charge < -0.3 is 9.84 Å². The Morgan fingerprint density at radius 3 is 2.50 bits per heavy atom. The lowest BCUT2D eigenvalue weighted by Crippen LogP contribution is -2.28. The highest BCUT2D eigenvalue weighted by atomic mass is 16.5. The summed E-state index contributed by atoms with van der Waals surface area (Å²) in [7, 11) is 1.65. The summed E-state index contributed by atoms with van der Waals surface area (Å²) >= 11 is 0. The second-order valence-electron chi connectivity index (χ2n) is 3.90. The lowest BCUT2D eigenvalue weighted by atomic mass is 9.94. The highest BCUT2D eigenvalue weighted by Gasteiger charge is 2.19. The first-order chi connectivity index (χ1) is 6.64. The summed E-state index contributed by atoms with van der Waals surface area (Å²) in [6.45, 7) is 2.44. The minimum absolute atomic E-state index is 0.597. The lowest BCUT2D eigenvalue weighted by molar-refractivity contribution is 0.0249. The summed E-state index contributed by atoms with van der Waals surface area (Å²) in [5.41, 5.74) is 0.491. The molecular formula is C12H18O2. The van der Waals surface area contributed by atoms with Crippen LogP contribution in [0.25, 0.3) is 0 Å². The van der Waals surface area contributed by atoms with E-state index in [1.54, 1.807) is 7.11 Å². The topological polar surface area (TPSA) is 29.5 Å². The van der Waals surface area contributed by atoms with Crippen molar-refractivity contribution in [3.63, 3.8) is 0 Å². The first-order valence-electron chi connectivity index (χ1n) is 4.89. The zero-order valence-electron chi connectivity index (χ0n) is 8.86. The molecule has 0 saturated carbocycles. The number of rotatable bonds is 5. The standard InChI is InChI=1S/C12H18O2/c1-12(13,8-9-14-2)10-11-6-4-3-5-7-11/h3-7,13H,8-10H2,1-2H3. The van der Waals surface area contributed by atoms with Crippen LogP contribution in [-0.4, -0.2) is 24.4 Å². The van der Waals surface area contributed by atoms with E-state index in [9.17, 15) is 5.11 Å². The van der Waals surface area contributed by atoms with Crippen molar-refractivity contribution in [3.8, 4) is 0 Å². The van der Waals surface area contributed by atoms with Crippen molar-refractivity contribution in [2.24, 2.45) is 0 Å². The Bertz CT molecular complexity index is 254. The van der Waals surface area contributed by atoms with Crippen LogP contribution >= 0.6 is 0 Å². The van der Waals surface area contributed by atoms with Gasteiger partial charge in [-0.25, -0.2) is 0 Å². The third-order valence-corrected chi connectivity index (χ3v) is 2.27. The van der Waals surface area contributed by atoms with Gasteiger partial charge >= 0.3 is 0 Å². The molecule has 0 spiro atoms. The summed E-state index contributed by atoms with van der Waals surface area (Å²) < 4.78 is 4.96. The number of ether oxygens (including phenoxy) is 1. The van der Waals surface area contributed by atoms with Crippen molar-refractivity contribution in [3.05, 3.63) is 35.9 Å². The Kier molecular flexibility index (Phi) is 4.11. The van der Waals surface area contributed by atoms with Gasteiger partial charge in [-0.3, -0.25) is 0 Å². The molecule has 1 aromatic rings. The second kappa shape index (κ2) is 5.13. The molecule has 0 fully saturated rings. The molecule has 0 aliphatic carbocycles. The molecule has 1 aromatic carbocycles. The molecule has 2 heteroatoms. The molecule has 0 amide bonds. The van der Waals surface area contributed by atoms with E-state index in [-0.39, 0.29) is 0 Å². The molecule has 0 aromatic heterocycles. The fraction of sp³-hybridized carbons (Fsp3) is 0.500. The van der Waals surface area contributed by atoms with E-state index in [2.05, 4.69) is 0 Å². The van der Waals surface area contributed by atoms with Gasteiger partial charge in [0.05, 0.1) is 5.60 Å². The van der Waals surface area contributed by atoms with Crippen LogP contribution in [-0.2, 0) is 11.2 Å². The van der Waals surface area contributed by atoms with E-state index in [0.29, 0.717) is 19.4 Å². The molecule has 1 rings (SSSR count). The van der Waals surface area contributed by atoms with E-state index in [4.69, 9.17) is 4.74 Å². The largest absolute Gasteiger partial charge is 0.390 e. The second-order valence-corrected chi connectivity index (χ2v) is 3.90. The van der Waals surface area contributed by atoms with Crippen LogP contribution in [0.3, 0.4) is 0 Å². The van der Waals surface area contributed by atoms with Gasteiger partial charge in [-0.15, -0.1) is 0 Å². The molecule has 1 atom stereocenters. The number of hydrogen-bond acceptors (Lipinski definition) is 2. The van der Waals surface area contributed by atoms with Crippen LogP contribution in [0.1, 0.15) is 18.9 Å². The maximum absolute atomic E-state index is 10.0. The van der Waals surface area contributed by atoms with Crippen LogP contribution in [0.2, 0.25) is 0 Å². The number of methoxy groups -OCH3 is 1. The normalized spacial score (nSPS) is 15.1. The molecule has 0 aliphatic heterocycles. The zero-order valence-corrected chi connectivity index (χ0v) is 8.86. The SMILES string of the molecule is COCCC(C)(O)Cc1ccccc1. The van der Waals surface area contributed by atoms with Gasteiger partial charge in [0, 0.05) is 20.1 Å². The van der Waals surface area contributed by atoms with Crippen molar-refractivity contribution in [2.45, 2.75) is 25.4 Å². The average molecular weight is 194 g/mol. The molecule has 0 bridgehead atoms. The Balaban J connectivity index is 2.50. The predicted molar refractivity (Wildman–Crippen MR) is 57.3 cm³/mol. The van der Waals surface area contributed by atoms with Crippen molar-refractivity contribution >= 4 is 0 Å². The summed E-state index contributed by atoms with van der Waals surface area (Å²) in [5, 5.41) is 10.0. The average Bonchev–Trinajstić information content (AvgIpc) is 2.16. The van der Waals surface area contributed by atoms with Gasteiger partial charge in [-0.2, -0.15) is 0 Å². The van der Waals surface area contributed by atoms with Crippen LogP contribution in [0, 0.1) is 0 Å². The van der Waals surface area contributed by atoms with Crippen LogP contribution < -0.4 is 0 Å². The highest BCUT2D eigenvalue weighted by Crippen LogP contribution is 2.16. The summed E-state index contributed by atoms with van der Waals surface area (Å²) in [6.07, 6.45) is 1.34. The first-order valence-corrected chi connectivity index (χ1v) is 4.89. The monoisotopic (exact) mass is 194 g/mol. The molecular weight excluding hydrogens is 176 g/mol. The molecule has 14 heavy (non-hydrogen) atoms. The molecule has 0 saturated heterocycles. The molecule has 1 N–H and O–H groups in total. The van der Waals surface area contributed by atoms with Crippen LogP contribution in [0.15, 0.2) is 30.3 Å². The van der Waals surface area contributed by atoms with Gasteiger partial charge in [0.1, 0.15) is 0 Å². The predicted octanol–water partition coefficient (Wildman–Crippen LogP) is 2.02. The van der Waals surface area contributed by atoms with E-state index < -0.39 is 5.60 Å². The van der Waals surface area contributed by atoms with Gasteiger partial charge in [0.25, 0.3) is 0 Å². The molecule has 1 unspecified atom stereocenters. The van der Waals surface area contributed by atoms with Crippen molar-refractivity contribution in [1.29, 1.82) is 0 Å². The minimum Gasteiger partial charge on any atom is -0.390 e. The number of hydrogen-bond donors (Lipinski definition) is 1. The van der Waals surface area contributed by atoms with E-state index in [1.165, 1.54) is 0 Å². The van der Waals surface area contributed by atoms with Crippen LogP contribution in [0.5, 0.6) is 0 Å². The number of benzene rings is 1. The fourth-order valence-electron chi connectivity index (χ4n) is 1.45. The van der Waals surface area contributed by atoms with Crippen LogP contribution in [0.4, 0.5) is 0 Å². The smallest absolute Gasteiger partial charge is 0.0681 e. The van der Waals surface area contributed by atoms with Crippen molar-refractivity contribution < 1.29 is 9.84 Å². The maximum atomic E-state index is 10.0. The maximum Gasteiger partial charge on any atom is 0.0681 e. The molecule has 0 aliphatic rings. The molecule has 0 heterocycles. The first kappa shape index (κ1) is 11.2. The highest BCUT2D eigenvalue weighted by molar-refractivity contribution is 5.16. The van der Waals surface area contributed by atoms with Gasteiger partial charge in [-0.05, 0) is 18.9 Å². The summed E-state index contributed by atoms with van der Waals surface area (Å²) in [5.74, 6) is 0. The third kappa shape index (κ3) is 3.90. The Hall–Kier alpha value is -0.860. The van der Waals surface area contributed by atoms with Gasteiger partial charge in [-0.1, -0.05) is 30.3 Å². The van der Waals surface area contributed by atoms with E-state index >= 15 is 0 Å². The Morgan fingerprint density at radius 1 is 1.29 bits per heavy atom. The minimum atomic E-state index is -0.669. The molecule has 2 nitrogen and oxygen atoms in total. The summed E-state index contributed by atoms with van der Waals surface area (Å²) in [6, 6.07) is 10.0. The van der Waals surface area contributed by atoms with E-state index in [0.717, 1.165) is 5.56 Å². The van der Waals surface area contributed by atoms with Gasteiger partial charge in [0.15, 0.2) is 0 Å². The Morgan fingerprint density at radius 2 is 1.93 bits per heavy atom. The Labute approximate surface area is 85.5 Å². The van der Waals surface area contributed by atoms with Crippen molar-refractivity contribution in [2.75, 3.05) is 13.7 Å². The summed E-state index contributed by atoms with van der Waals surface area (Å²) in [4.78, 5) is 0. The molecule has 78 valence electrons. The quantitative estimate of drug-likeness (QED) is 0.777.